The number of para-hydroxylation sites is 1. The van der Waals surface area contributed by atoms with Gasteiger partial charge < -0.3 is 4.90 Å². The predicted molar refractivity (Wildman–Crippen MR) is 129 cm³/mol. The van der Waals surface area contributed by atoms with E-state index in [-0.39, 0.29) is 11.2 Å². The second-order valence-electron chi connectivity index (χ2n) is 8.34. The highest BCUT2D eigenvalue weighted by molar-refractivity contribution is 8.00. The number of nitrogens with zero attached hydrogens (tertiary/aromatic N) is 5. The fourth-order valence-electron chi connectivity index (χ4n) is 4.49. The molecule has 0 radical (unpaired) electrons. The Balaban J connectivity index is 1.65. The summed E-state index contributed by atoms with van der Waals surface area (Å²) < 4.78 is 2.07. The lowest BCUT2D eigenvalue weighted by molar-refractivity contribution is -0.133. The van der Waals surface area contributed by atoms with Crippen LogP contribution in [-0.2, 0) is 4.79 Å². The molecule has 1 amide bonds. The third-order valence-electron chi connectivity index (χ3n) is 6.20. The lowest BCUT2D eigenvalue weighted by Gasteiger charge is -2.35. The molecule has 0 bridgehead atoms. The smallest absolute Gasteiger partial charge is 0.236 e. The first-order chi connectivity index (χ1) is 15.6. The number of carbonyl (C=O) groups excluding carboxylic acids is 1. The largest absolute Gasteiger partial charge is 0.339 e. The van der Waals surface area contributed by atoms with Crippen LogP contribution in [0.25, 0.3) is 17.1 Å². The molecule has 1 saturated carbocycles. The van der Waals surface area contributed by atoms with Crippen LogP contribution in [0.4, 0.5) is 0 Å². The van der Waals surface area contributed by atoms with Crippen molar-refractivity contribution < 1.29 is 4.79 Å². The SMILES string of the molecule is CCN(C(=O)C(C)Sc1nnc(-c2ccncc2)n1-c1ccccc1C)C1CCCCC1. The second-order valence-corrected chi connectivity index (χ2v) is 9.65. The van der Waals surface area contributed by atoms with Crippen molar-refractivity contribution in [3.05, 3.63) is 54.4 Å². The number of aryl methyl sites for hydroxylation is 1. The minimum Gasteiger partial charge on any atom is -0.339 e. The number of aromatic nitrogens is 4. The molecule has 0 saturated heterocycles. The van der Waals surface area contributed by atoms with Gasteiger partial charge in [0.25, 0.3) is 0 Å². The molecule has 1 atom stereocenters. The van der Waals surface area contributed by atoms with E-state index in [4.69, 9.17) is 0 Å². The molecule has 1 fully saturated rings. The Hall–Kier alpha value is -2.67. The summed E-state index contributed by atoms with van der Waals surface area (Å²) >= 11 is 1.49. The van der Waals surface area contributed by atoms with Gasteiger partial charge in [-0.05, 0) is 57.4 Å². The average Bonchev–Trinajstić information content (AvgIpc) is 3.24. The molecule has 6 nitrogen and oxygen atoms in total. The van der Waals surface area contributed by atoms with Gasteiger partial charge in [0.05, 0.1) is 10.9 Å². The summed E-state index contributed by atoms with van der Waals surface area (Å²) in [5.74, 6) is 0.942. The summed E-state index contributed by atoms with van der Waals surface area (Å²) in [6.07, 6.45) is 9.46. The van der Waals surface area contributed by atoms with Crippen molar-refractivity contribution in [1.82, 2.24) is 24.6 Å². The number of hydrogen-bond acceptors (Lipinski definition) is 5. The summed E-state index contributed by atoms with van der Waals surface area (Å²) in [6, 6.07) is 12.4. The molecule has 168 valence electrons. The maximum atomic E-state index is 13.4. The summed E-state index contributed by atoms with van der Waals surface area (Å²) in [6.45, 7) is 6.90. The van der Waals surface area contributed by atoms with Gasteiger partial charge in [-0.1, -0.05) is 49.2 Å². The molecule has 0 N–H and O–H groups in total. The van der Waals surface area contributed by atoms with E-state index < -0.39 is 0 Å². The van der Waals surface area contributed by atoms with Crippen LogP contribution in [0.5, 0.6) is 0 Å². The molecule has 3 aromatic rings. The van der Waals surface area contributed by atoms with Crippen LogP contribution in [0.2, 0.25) is 0 Å². The Morgan fingerprint density at radius 3 is 2.53 bits per heavy atom. The van der Waals surface area contributed by atoms with Gasteiger partial charge in [0.1, 0.15) is 0 Å². The summed E-state index contributed by atoms with van der Waals surface area (Å²) in [7, 11) is 0. The van der Waals surface area contributed by atoms with Crippen LogP contribution >= 0.6 is 11.8 Å². The minimum absolute atomic E-state index is 0.189. The van der Waals surface area contributed by atoms with E-state index in [0.717, 1.165) is 47.2 Å². The molecule has 1 unspecified atom stereocenters. The van der Waals surface area contributed by atoms with Crippen molar-refractivity contribution in [2.75, 3.05) is 6.54 Å². The molecule has 2 aromatic heterocycles. The van der Waals surface area contributed by atoms with E-state index >= 15 is 0 Å². The monoisotopic (exact) mass is 449 g/mol. The number of amides is 1. The standard InChI is InChI=1S/C25H31N5OS/c1-4-29(21-11-6-5-7-12-21)24(31)19(3)32-25-28-27-23(20-14-16-26-17-15-20)30(25)22-13-9-8-10-18(22)2/h8-10,13-17,19,21H,4-7,11-12H2,1-3H3. The van der Waals surface area contributed by atoms with E-state index in [9.17, 15) is 4.79 Å². The number of pyridine rings is 1. The third kappa shape index (κ3) is 4.72. The topological polar surface area (TPSA) is 63.9 Å². The van der Waals surface area contributed by atoms with Crippen molar-refractivity contribution in [3.8, 4) is 17.1 Å². The Labute approximate surface area is 194 Å². The number of benzene rings is 1. The zero-order valence-corrected chi connectivity index (χ0v) is 19.9. The normalized spacial score (nSPS) is 15.5. The lowest BCUT2D eigenvalue weighted by Crippen LogP contribution is -2.44. The fourth-order valence-corrected chi connectivity index (χ4v) is 5.43. The first-order valence-electron chi connectivity index (χ1n) is 11.5. The zero-order valence-electron chi connectivity index (χ0n) is 19.1. The van der Waals surface area contributed by atoms with Crippen molar-refractivity contribution >= 4 is 17.7 Å². The van der Waals surface area contributed by atoms with Gasteiger partial charge in [-0.2, -0.15) is 0 Å². The summed E-state index contributed by atoms with van der Waals surface area (Å²) in [4.78, 5) is 19.6. The fraction of sp³-hybridized carbons (Fsp3) is 0.440. The molecular formula is C25H31N5OS. The molecule has 0 aliphatic heterocycles. The third-order valence-corrected chi connectivity index (χ3v) is 7.23. The molecule has 2 heterocycles. The van der Waals surface area contributed by atoms with Crippen LogP contribution in [-0.4, -0.2) is 48.4 Å². The Morgan fingerprint density at radius 1 is 1.12 bits per heavy atom. The number of thioether (sulfide) groups is 1. The number of hydrogen-bond donors (Lipinski definition) is 0. The van der Waals surface area contributed by atoms with E-state index in [1.165, 1.54) is 31.0 Å². The van der Waals surface area contributed by atoms with Crippen molar-refractivity contribution in [2.45, 2.75) is 69.3 Å². The van der Waals surface area contributed by atoms with E-state index in [1.54, 1.807) is 12.4 Å². The summed E-state index contributed by atoms with van der Waals surface area (Å²) in [5, 5.41) is 9.51. The highest BCUT2D eigenvalue weighted by Gasteiger charge is 2.29. The highest BCUT2D eigenvalue weighted by atomic mass is 32.2. The first kappa shape index (κ1) is 22.5. The van der Waals surface area contributed by atoms with E-state index in [2.05, 4.69) is 50.6 Å². The van der Waals surface area contributed by atoms with E-state index in [0.29, 0.717) is 6.04 Å². The van der Waals surface area contributed by atoms with Gasteiger partial charge in [0, 0.05) is 30.5 Å². The Morgan fingerprint density at radius 2 is 1.84 bits per heavy atom. The molecule has 1 aliphatic rings. The van der Waals surface area contributed by atoms with Gasteiger partial charge in [-0.15, -0.1) is 10.2 Å². The average molecular weight is 450 g/mol. The summed E-state index contributed by atoms with van der Waals surface area (Å²) in [5.41, 5.74) is 3.09. The van der Waals surface area contributed by atoms with E-state index in [1.807, 2.05) is 31.2 Å². The van der Waals surface area contributed by atoms with Crippen molar-refractivity contribution in [3.63, 3.8) is 0 Å². The second kappa shape index (κ2) is 10.3. The van der Waals surface area contributed by atoms with Crippen molar-refractivity contribution in [1.29, 1.82) is 0 Å². The van der Waals surface area contributed by atoms with Crippen LogP contribution in [0, 0.1) is 6.92 Å². The van der Waals surface area contributed by atoms with Gasteiger partial charge in [0.2, 0.25) is 5.91 Å². The number of rotatable bonds is 7. The molecule has 32 heavy (non-hydrogen) atoms. The maximum absolute atomic E-state index is 13.4. The Kier molecular flexibility index (Phi) is 7.25. The molecule has 7 heteroatoms. The predicted octanol–water partition coefficient (Wildman–Crippen LogP) is 5.30. The van der Waals surface area contributed by atoms with Gasteiger partial charge in [-0.25, -0.2) is 0 Å². The molecular weight excluding hydrogens is 418 g/mol. The Bertz CT molecular complexity index is 1050. The molecule has 1 aromatic carbocycles. The van der Waals surface area contributed by atoms with Crippen LogP contribution in [0.1, 0.15) is 51.5 Å². The maximum Gasteiger partial charge on any atom is 0.236 e. The van der Waals surface area contributed by atoms with Crippen LogP contribution in [0.3, 0.4) is 0 Å². The van der Waals surface area contributed by atoms with Gasteiger partial charge >= 0.3 is 0 Å². The number of carbonyl (C=O) groups is 1. The minimum atomic E-state index is -0.242. The highest BCUT2D eigenvalue weighted by Crippen LogP contribution is 2.32. The van der Waals surface area contributed by atoms with Gasteiger partial charge in [0.15, 0.2) is 11.0 Å². The molecule has 0 spiro atoms. The molecule has 1 aliphatic carbocycles. The lowest BCUT2D eigenvalue weighted by atomic mass is 9.94. The van der Waals surface area contributed by atoms with Crippen LogP contribution < -0.4 is 0 Å². The quantitative estimate of drug-likeness (QED) is 0.458. The van der Waals surface area contributed by atoms with Crippen LogP contribution in [0.15, 0.2) is 53.9 Å². The first-order valence-corrected chi connectivity index (χ1v) is 12.4. The molecule has 4 rings (SSSR count). The zero-order chi connectivity index (χ0) is 22.5. The van der Waals surface area contributed by atoms with Gasteiger partial charge in [-0.3, -0.25) is 14.3 Å². The van der Waals surface area contributed by atoms with Crippen molar-refractivity contribution in [2.24, 2.45) is 0 Å².